The Kier molecular flexibility index (Phi) is 2.64. The van der Waals surface area contributed by atoms with Gasteiger partial charge >= 0.3 is 0 Å². The molecule has 1 aliphatic heterocycles. The van der Waals surface area contributed by atoms with E-state index in [1.807, 2.05) is 18.7 Å². The van der Waals surface area contributed by atoms with Crippen molar-refractivity contribution >= 4 is 11.7 Å². The zero-order valence-electron chi connectivity index (χ0n) is 13.0. The van der Waals surface area contributed by atoms with Gasteiger partial charge in [-0.05, 0) is 43.0 Å². The van der Waals surface area contributed by atoms with Gasteiger partial charge < -0.3 is 4.90 Å². The third-order valence-electron chi connectivity index (χ3n) is 5.66. The smallest absolute Gasteiger partial charge is 0.222 e. The second-order valence-corrected chi connectivity index (χ2v) is 7.65. The van der Waals surface area contributed by atoms with E-state index in [1.165, 1.54) is 12.1 Å². The fraction of sp³-hybridized carbons (Fsp3) is 0.556. The highest BCUT2D eigenvalue weighted by molar-refractivity contribution is 6.03. The van der Waals surface area contributed by atoms with Gasteiger partial charge in [0.05, 0.1) is 0 Å². The highest BCUT2D eigenvalue weighted by atomic mass is 19.1. The van der Waals surface area contributed by atoms with Crippen LogP contribution in [0.15, 0.2) is 18.2 Å². The average molecular weight is 301 g/mol. The predicted molar refractivity (Wildman–Crippen MR) is 80.2 cm³/mol. The molecule has 2 atom stereocenters. The van der Waals surface area contributed by atoms with E-state index in [-0.39, 0.29) is 29.0 Å². The molecule has 4 heteroatoms. The second kappa shape index (κ2) is 4.18. The minimum absolute atomic E-state index is 0.0894. The number of rotatable bonds is 1. The fourth-order valence-corrected chi connectivity index (χ4v) is 4.63. The number of carbonyl (C=O) groups is 2. The third kappa shape index (κ3) is 1.73. The Morgan fingerprint density at radius 2 is 2.05 bits per heavy atom. The quantitative estimate of drug-likeness (QED) is 0.799. The standard InChI is InChI=1S/C18H20FNO2/c1-17(2)10-18(9-14(18)20-7-3-4-15(20)21)13-8-11(19)5-6-12(13)16(17)22/h5-6,8,14H,3-4,7,9-10H2,1-2H3. The van der Waals surface area contributed by atoms with E-state index in [2.05, 4.69) is 0 Å². The molecule has 1 heterocycles. The van der Waals surface area contributed by atoms with Crippen molar-refractivity contribution in [3.8, 4) is 0 Å². The summed E-state index contributed by atoms with van der Waals surface area (Å²) < 4.78 is 13.8. The van der Waals surface area contributed by atoms with Gasteiger partial charge in [0, 0.05) is 35.4 Å². The summed E-state index contributed by atoms with van der Waals surface area (Å²) in [5.41, 5.74) is 0.783. The number of halogens is 1. The van der Waals surface area contributed by atoms with Gasteiger partial charge in [-0.1, -0.05) is 13.8 Å². The first-order chi connectivity index (χ1) is 10.3. The summed E-state index contributed by atoms with van der Waals surface area (Å²) in [6, 6.07) is 4.64. The number of hydrogen-bond acceptors (Lipinski definition) is 2. The summed E-state index contributed by atoms with van der Waals surface area (Å²) >= 11 is 0. The van der Waals surface area contributed by atoms with Gasteiger partial charge in [0.25, 0.3) is 0 Å². The molecule has 1 aromatic rings. The van der Waals surface area contributed by atoms with Crippen LogP contribution < -0.4 is 0 Å². The maximum atomic E-state index is 13.8. The van der Waals surface area contributed by atoms with Crippen molar-refractivity contribution in [3.05, 3.63) is 35.1 Å². The van der Waals surface area contributed by atoms with E-state index < -0.39 is 5.41 Å². The van der Waals surface area contributed by atoms with E-state index >= 15 is 0 Å². The average Bonchev–Trinajstić information content (AvgIpc) is 2.98. The molecule has 3 nitrogen and oxygen atoms in total. The van der Waals surface area contributed by atoms with Gasteiger partial charge in [0.2, 0.25) is 5.91 Å². The molecule has 1 saturated carbocycles. The van der Waals surface area contributed by atoms with Gasteiger partial charge in [-0.25, -0.2) is 4.39 Å². The molecule has 1 aromatic carbocycles. The fourth-order valence-electron chi connectivity index (χ4n) is 4.63. The summed E-state index contributed by atoms with van der Waals surface area (Å²) in [5, 5.41) is 0. The minimum atomic E-state index is -0.456. The Morgan fingerprint density at radius 1 is 1.27 bits per heavy atom. The SMILES string of the molecule is CC1(C)CC2(CC2N2CCCC2=O)c2cc(F)ccc2C1=O. The highest BCUT2D eigenvalue weighted by Crippen LogP contribution is 2.62. The number of likely N-dealkylation sites (tertiary alicyclic amines) is 1. The second-order valence-electron chi connectivity index (χ2n) is 7.65. The van der Waals surface area contributed by atoms with Crippen LogP contribution in [-0.4, -0.2) is 29.2 Å². The molecule has 1 spiro atoms. The monoisotopic (exact) mass is 301 g/mol. The first-order valence-electron chi connectivity index (χ1n) is 7.99. The molecule has 4 rings (SSSR count). The molecule has 116 valence electrons. The lowest BCUT2D eigenvalue weighted by Gasteiger charge is -2.37. The summed E-state index contributed by atoms with van der Waals surface area (Å²) in [5.74, 6) is -0.00918. The van der Waals surface area contributed by atoms with E-state index in [9.17, 15) is 14.0 Å². The molecule has 22 heavy (non-hydrogen) atoms. The van der Waals surface area contributed by atoms with E-state index in [0.717, 1.165) is 24.9 Å². The predicted octanol–water partition coefficient (Wildman–Crippen LogP) is 3.07. The molecule has 2 aliphatic carbocycles. The number of carbonyl (C=O) groups excluding carboxylic acids is 2. The van der Waals surface area contributed by atoms with Gasteiger partial charge in [0.15, 0.2) is 5.78 Å². The summed E-state index contributed by atoms with van der Waals surface area (Å²) in [7, 11) is 0. The molecule has 0 N–H and O–H groups in total. The van der Waals surface area contributed by atoms with Crippen LogP contribution in [0.3, 0.4) is 0 Å². The van der Waals surface area contributed by atoms with Crippen LogP contribution in [0.1, 0.15) is 55.5 Å². The zero-order valence-corrected chi connectivity index (χ0v) is 13.0. The Labute approximate surface area is 129 Å². The Morgan fingerprint density at radius 3 is 2.73 bits per heavy atom. The maximum Gasteiger partial charge on any atom is 0.222 e. The lowest BCUT2D eigenvalue weighted by atomic mass is 9.66. The van der Waals surface area contributed by atoms with Gasteiger partial charge in [-0.2, -0.15) is 0 Å². The summed E-state index contributed by atoms with van der Waals surface area (Å²) in [6.07, 6.45) is 3.07. The molecule has 2 fully saturated rings. The molecule has 3 aliphatic rings. The van der Waals surface area contributed by atoms with Crippen LogP contribution >= 0.6 is 0 Å². The van der Waals surface area contributed by atoms with Crippen molar-refractivity contribution in [3.63, 3.8) is 0 Å². The lowest BCUT2D eigenvalue weighted by molar-refractivity contribution is -0.128. The van der Waals surface area contributed by atoms with Crippen molar-refractivity contribution in [1.82, 2.24) is 4.90 Å². The molecular formula is C18H20FNO2. The lowest BCUT2D eigenvalue weighted by Crippen LogP contribution is -2.41. The summed E-state index contributed by atoms with van der Waals surface area (Å²) in [6.45, 7) is 4.72. The number of benzene rings is 1. The number of amides is 1. The minimum Gasteiger partial charge on any atom is -0.339 e. The van der Waals surface area contributed by atoms with Crippen LogP contribution in [0.4, 0.5) is 4.39 Å². The van der Waals surface area contributed by atoms with Crippen molar-refractivity contribution < 1.29 is 14.0 Å². The molecule has 0 aromatic heterocycles. The topological polar surface area (TPSA) is 37.4 Å². The highest BCUT2D eigenvalue weighted by Gasteiger charge is 2.64. The Balaban J connectivity index is 1.81. The van der Waals surface area contributed by atoms with E-state index in [0.29, 0.717) is 18.4 Å². The van der Waals surface area contributed by atoms with Crippen molar-refractivity contribution in [1.29, 1.82) is 0 Å². The molecule has 0 bridgehead atoms. The van der Waals surface area contributed by atoms with Crippen LogP contribution in [0.2, 0.25) is 0 Å². The maximum absolute atomic E-state index is 13.8. The van der Waals surface area contributed by atoms with Crippen LogP contribution in [0.25, 0.3) is 0 Å². The first-order valence-corrected chi connectivity index (χ1v) is 7.99. The van der Waals surface area contributed by atoms with Gasteiger partial charge in [-0.3, -0.25) is 9.59 Å². The molecule has 1 saturated heterocycles. The number of ketones is 1. The van der Waals surface area contributed by atoms with Crippen LogP contribution in [0.5, 0.6) is 0 Å². The Bertz CT molecular complexity index is 696. The van der Waals surface area contributed by atoms with Crippen molar-refractivity contribution in [2.24, 2.45) is 5.41 Å². The normalized spacial score (nSPS) is 32.5. The third-order valence-corrected chi connectivity index (χ3v) is 5.66. The number of Topliss-reactive ketones (excluding diaryl/α,β-unsaturated/α-hetero) is 1. The largest absolute Gasteiger partial charge is 0.339 e. The Hall–Kier alpha value is -1.71. The number of fused-ring (bicyclic) bond motifs is 2. The zero-order chi connectivity index (χ0) is 15.7. The molecule has 0 radical (unpaired) electrons. The first kappa shape index (κ1) is 13.9. The molecule has 2 unspecified atom stereocenters. The van der Waals surface area contributed by atoms with Gasteiger partial charge in [-0.15, -0.1) is 0 Å². The van der Waals surface area contributed by atoms with Crippen molar-refractivity contribution in [2.45, 2.75) is 51.0 Å². The van der Waals surface area contributed by atoms with E-state index in [4.69, 9.17) is 0 Å². The number of hydrogen-bond donors (Lipinski definition) is 0. The number of nitrogens with zero attached hydrogens (tertiary/aromatic N) is 1. The van der Waals surface area contributed by atoms with Crippen molar-refractivity contribution in [2.75, 3.05) is 6.54 Å². The van der Waals surface area contributed by atoms with Crippen LogP contribution in [-0.2, 0) is 10.2 Å². The summed E-state index contributed by atoms with van der Waals surface area (Å²) in [4.78, 5) is 26.7. The molecule has 1 amide bonds. The van der Waals surface area contributed by atoms with Crippen LogP contribution in [0, 0.1) is 11.2 Å². The molecular weight excluding hydrogens is 281 g/mol. The van der Waals surface area contributed by atoms with E-state index in [1.54, 1.807) is 6.07 Å². The van der Waals surface area contributed by atoms with Gasteiger partial charge in [0.1, 0.15) is 5.82 Å².